The molecule has 0 aliphatic heterocycles. The van der Waals surface area contributed by atoms with Crippen molar-refractivity contribution in [3.63, 3.8) is 0 Å². The fourth-order valence-electron chi connectivity index (χ4n) is 4.98. The van der Waals surface area contributed by atoms with E-state index in [2.05, 4.69) is 43.4 Å². The molecule has 0 rings (SSSR count). The molecule has 0 heterocycles. The Balaban J connectivity index is 3.16. The zero-order valence-corrected chi connectivity index (χ0v) is 25.4. The maximum atomic E-state index is 8.77. The number of unbranched alkanes of at least 4 members (excludes halogenated alkanes) is 24. The van der Waals surface area contributed by atoms with Crippen LogP contribution in [-0.4, -0.2) is 11.7 Å². The van der Waals surface area contributed by atoms with Crippen LogP contribution >= 0.6 is 0 Å². The van der Waals surface area contributed by atoms with E-state index >= 15 is 0 Å². The van der Waals surface area contributed by atoms with Gasteiger partial charge >= 0.3 is 0 Å². The first-order valence-electron chi connectivity index (χ1n) is 17.0. The Bertz CT molecular complexity index is 475. The molecule has 0 aromatic heterocycles. The van der Waals surface area contributed by atoms with E-state index in [4.69, 9.17) is 5.11 Å². The molecule has 1 heteroatoms. The Morgan fingerprint density at radius 1 is 0.324 bits per heavy atom. The van der Waals surface area contributed by atoms with Crippen LogP contribution in [0.2, 0.25) is 0 Å². The largest absolute Gasteiger partial charge is 0.396 e. The summed E-state index contributed by atoms with van der Waals surface area (Å²) in [5.74, 6) is 0. The predicted molar refractivity (Wildman–Crippen MR) is 169 cm³/mol. The highest BCUT2D eigenvalue weighted by Gasteiger charge is 1.94. The molecule has 1 nitrogen and oxygen atoms in total. The fourth-order valence-corrected chi connectivity index (χ4v) is 4.98. The van der Waals surface area contributed by atoms with E-state index in [1.807, 2.05) is 0 Å². The van der Waals surface area contributed by atoms with Crippen LogP contribution in [0.1, 0.15) is 187 Å². The summed E-state index contributed by atoms with van der Waals surface area (Å²) in [6.45, 7) is 2.65. The van der Waals surface area contributed by atoms with E-state index in [1.54, 1.807) is 0 Å². The summed E-state index contributed by atoms with van der Waals surface area (Å²) in [5, 5.41) is 8.77. The minimum absolute atomic E-state index is 0.356. The fraction of sp³-hybridized carbons (Fsp3) is 0.833. The third-order valence-electron chi connectivity index (χ3n) is 7.52. The molecule has 0 radical (unpaired) electrons. The molecule has 218 valence electrons. The van der Waals surface area contributed by atoms with Crippen LogP contribution in [0.3, 0.4) is 0 Å². The molecule has 0 aromatic carbocycles. The van der Waals surface area contributed by atoms with Crippen molar-refractivity contribution in [1.82, 2.24) is 0 Å². The maximum absolute atomic E-state index is 8.77. The minimum atomic E-state index is 0.356. The summed E-state index contributed by atoms with van der Waals surface area (Å²) in [4.78, 5) is 0. The van der Waals surface area contributed by atoms with Crippen molar-refractivity contribution >= 4 is 0 Å². The van der Waals surface area contributed by atoms with E-state index < -0.39 is 0 Å². The monoisotopic (exact) mass is 517 g/mol. The van der Waals surface area contributed by atoms with Gasteiger partial charge in [0.05, 0.1) is 0 Å². The van der Waals surface area contributed by atoms with Gasteiger partial charge in [-0.15, -0.1) is 0 Å². The Morgan fingerprint density at radius 2 is 0.595 bits per heavy atom. The van der Waals surface area contributed by atoms with E-state index in [1.165, 1.54) is 167 Å². The second-order valence-electron chi connectivity index (χ2n) is 11.3. The third kappa shape index (κ3) is 35.2. The Labute approximate surface area is 234 Å². The molecule has 0 aliphatic rings. The molecular weight excluding hydrogens is 448 g/mol. The summed E-state index contributed by atoms with van der Waals surface area (Å²) in [6, 6.07) is 0. The first-order valence-corrected chi connectivity index (χ1v) is 17.0. The van der Waals surface area contributed by atoms with Gasteiger partial charge in [0, 0.05) is 6.61 Å². The van der Waals surface area contributed by atoms with Gasteiger partial charge in [-0.05, 0) is 64.2 Å². The van der Waals surface area contributed by atoms with Crippen molar-refractivity contribution in [1.29, 1.82) is 0 Å². The summed E-state index contributed by atoms with van der Waals surface area (Å²) in [6.07, 6.45) is 52.1. The van der Waals surface area contributed by atoms with Crippen molar-refractivity contribution in [2.75, 3.05) is 6.61 Å². The second kappa shape index (κ2) is 35.2. The average Bonchev–Trinajstić information content (AvgIpc) is 2.91. The second-order valence-corrected chi connectivity index (χ2v) is 11.3. The van der Waals surface area contributed by atoms with Crippen molar-refractivity contribution < 1.29 is 5.11 Å². The number of rotatable bonds is 31. The lowest BCUT2D eigenvalue weighted by Crippen LogP contribution is -1.83. The van der Waals surface area contributed by atoms with Crippen LogP contribution in [0.5, 0.6) is 0 Å². The quantitative estimate of drug-likeness (QED) is 0.0717. The molecule has 0 aliphatic carbocycles. The van der Waals surface area contributed by atoms with Crippen molar-refractivity contribution in [3.05, 3.63) is 36.5 Å². The highest BCUT2D eigenvalue weighted by molar-refractivity contribution is 4.92. The van der Waals surface area contributed by atoms with Crippen molar-refractivity contribution in [2.45, 2.75) is 187 Å². The predicted octanol–water partition coefficient (Wildman–Crippen LogP) is 12.6. The van der Waals surface area contributed by atoms with Gasteiger partial charge in [-0.1, -0.05) is 159 Å². The third-order valence-corrected chi connectivity index (χ3v) is 7.52. The molecule has 0 amide bonds. The topological polar surface area (TPSA) is 20.2 Å². The molecule has 0 saturated carbocycles. The summed E-state index contributed by atoms with van der Waals surface area (Å²) < 4.78 is 0. The first-order chi connectivity index (χ1) is 18.4. The molecule has 0 saturated heterocycles. The number of allylic oxidation sites excluding steroid dienone is 6. The van der Waals surface area contributed by atoms with Crippen LogP contribution in [0.25, 0.3) is 0 Å². The van der Waals surface area contributed by atoms with Gasteiger partial charge in [0.15, 0.2) is 0 Å². The number of aliphatic hydroxyl groups excluding tert-OH is 1. The number of aliphatic hydroxyl groups is 1. The lowest BCUT2D eigenvalue weighted by molar-refractivity contribution is 0.282. The van der Waals surface area contributed by atoms with Gasteiger partial charge in [-0.3, -0.25) is 0 Å². The van der Waals surface area contributed by atoms with Crippen LogP contribution in [0, 0.1) is 0 Å². The van der Waals surface area contributed by atoms with Gasteiger partial charge in [0.25, 0.3) is 0 Å². The molecule has 0 bridgehead atoms. The van der Waals surface area contributed by atoms with Gasteiger partial charge < -0.3 is 5.11 Å². The van der Waals surface area contributed by atoms with Crippen LogP contribution < -0.4 is 0 Å². The minimum Gasteiger partial charge on any atom is -0.396 e. The van der Waals surface area contributed by atoms with Gasteiger partial charge in [0.2, 0.25) is 0 Å². The summed E-state index contributed by atoms with van der Waals surface area (Å²) in [7, 11) is 0. The lowest BCUT2D eigenvalue weighted by Gasteiger charge is -2.02. The summed E-state index contributed by atoms with van der Waals surface area (Å²) in [5.41, 5.74) is 0. The lowest BCUT2D eigenvalue weighted by atomic mass is 10.0. The average molecular weight is 517 g/mol. The van der Waals surface area contributed by atoms with E-state index in [-0.39, 0.29) is 0 Å². The zero-order valence-electron chi connectivity index (χ0n) is 25.4. The SMILES string of the molecule is CCCCCCCC/C=C\CCCCCCCCCCCCC/C=C\C/C=C\CCCCCCCCO. The van der Waals surface area contributed by atoms with Gasteiger partial charge in [-0.2, -0.15) is 0 Å². The molecule has 0 atom stereocenters. The van der Waals surface area contributed by atoms with Crippen LogP contribution in [-0.2, 0) is 0 Å². The Morgan fingerprint density at radius 3 is 0.919 bits per heavy atom. The van der Waals surface area contributed by atoms with E-state index in [9.17, 15) is 0 Å². The Kier molecular flexibility index (Phi) is 34.4. The molecule has 1 N–H and O–H groups in total. The van der Waals surface area contributed by atoms with Crippen LogP contribution in [0.4, 0.5) is 0 Å². The van der Waals surface area contributed by atoms with E-state index in [0.717, 1.165) is 12.8 Å². The zero-order chi connectivity index (χ0) is 26.7. The van der Waals surface area contributed by atoms with Gasteiger partial charge in [-0.25, -0.2) is 0 Å². The van der Waals surface area contributed by atoms with Gasteiger partial charge in [0.1, 0.15) is 0 Å². The smallest absolute Gasteiger partial charge is 0.0431 e. The van der Waals surface area contributed by atoms with Crippen molar-refractivity contribution in [2.24, 2.45) is 0 Å². The number of hydrogen-bond acceptors (Lipinski definition) is 1. The standard InChI is InChI=1S/C36H68O/c1-2-3-4-5-6-7-8-9-10-11-12-13-14-15-16-17-18-19-20-21-22-23-24-25-26-27-28-29-30-31-32-33-34-35-36-37/h9-10,24-25,27-28,37H,2-8,11-23,26,29-36H2,1H3/b10-9-,25-24-,28-27-. The molecular formula is C36H68O. The molecule has 0 fully saturated rings. The summed E-state index contributed by atoms with van der Waals surface area (Å²) >= 11 is 0. The molecule has 0 unspecified atom stereocenters. The first kappa shape index (κ1) is 36.2. The molecule has 37 heavy (non-hydrogen) atoms. The van der Waals surface area contributed by atoms with Crippen LogP contribution in [0.15, 0.2) is 36.5 Å². The number of hydrogen-bond donors (Lipinski definition) is 1. The normalized spacial score (nSPS) is 12.2. The molecule has 0 aromatic rings. The highest BCUT2D eigenvalue weighted by Crippen LogP contribution is 2.13. The Hall–Kier alpha value is -0.820. The molecule has 0 spiro atoms. The van der Waals surface area contributed by atoms with Crippen molar-refractivity contribution in [3.8, 4) is 0 Å². The highest BCUT2D eigenvalue weighted by atomic mass is 16.2. The van der Waals surface area contributed by atoms with E-state index in [0.29, 0.717) is 6.61 Å². The maximum Gasteiger partial charge on any atom is 0.0431 e.